The van der Waals surface area contributed by atoms with Crippen molar-refractivity contribution in [3.63, 3.8) is 0 Å². The van der Waals surface area contributed by atoms with Crippen LogP contribution in [0.2, 0.25) is 0 Å². The molecule has 0 saturated carbocycles. The molecule has 1 rings (SSSR count). The molecule has 0 aliphatic carbocycles. The largest absolute Gasteiger partial charge is 0.423 e. The molecule has 0 fully saturated rings. The fourth-order valence-electron chi connectivity index (χ4n) is 1.19. The summed E-state index contributed by atoms with van der Waals surface area (Å²) in [5, 5.41) is 0. The van der Waals surface area contributed by atoms with Crippen molar-refractivity contribution in [2.45, 2.75) is 19.8 Å². The SMILES string of the molecule is C=C(C)C(=O)Oc1ccc(CCC(N)=O)cc1. The summed E-state index contributed by atoms with van der Waals surface area (Å²) < 4.78 is 5.03. The molecule has 0 unspecified atom stereocenters. The van der Waals surface area contributed by atoms with Crippen molar-refractivity contribution in [3.05, 3.63) is 42.0 Å². The van der Waals surface area contributed by atoms with E-state index >= 15 is 0 Å². The Balaban J connectivity index is 2.58. The van der Waals surface area contributed by atoms with Gasteiger partial charge in [0.1, 0.15) is 5.75 Å². The number of nitrogens with two attached hydrogens (primary N) is 1. The average molecular weight is 233 g/mol. The molecule has 0 aromatic heterocycles. The minimum absolute atomic E-state index is 0.310. The smallest absolute Gasteiger partial charge is 0.338 e. The molecule has 0 spiro atoms. The van der Waals surface area contributed by atoms with Gasteiger partial charge in [0, 0.05) is 12.0 Å². The van der Waals surface area contributed by atoms with Crippen LogP contribution in [0.5, 0.6) is 5.75 Å². The van der Waals surface area contributed by atoms with E-state index in [1.54, 1.807) is 31.2 Å². The van der Waals surface area contributed by atoms with E-state index in [0.717, 1.165) is 5.56 Å². The second kappa shape index (κ2) is 5.84. The third-order valence-electron chi connectivity index (χ3n) is 2.14. The Morgan fingerprint density at radius 3 is 2.35 bits per heavy atom. The molecule has 0 atom stereocenters. The van der Waals surface area contributed by atoms with Gasteiger partial charge < -0.3 is 10.5 Å². The molecule has 2 N–H and O–H groups in total. The molecule has 4 heteroatoms. The molecule has 1 amide bonds. The van der Waals surface area contributed by atoms with Crippen LogP contribution < -0.4 is 10.5 Å². The van der Waals surface area contributed by atoms with E-state index in [1.807, 2.05) is 0 Å². The Morgan fingerprint density at radius 1 is 1.29 bits per heavy atom. The maximum atomic E-state index is 11.2. The predicted octanol–water partition coefficient (Wildman–Crippen LogP) is 1.59. The highest BCUT2D eigenvalue weighted by atomic mass is 16.5. The van der Waals surface area contributed by atoms with Crippen molar-refractivity contribution >= 4 is 11.9 Å². The first kappa shape index (κ1) is 13.0. The van der Waals surface area contributed by atoms with Gasteiger partial charge in [0.05, 0.1) is 0 Å². The first-order valence-corrected chi connectivity index (χ1v) is 5.24. The van der Waals surface area contributed by atoms with Gasteiger partial charge in [-0.25, -0.2) is 4.79 Å². The zero-order valence-electron chi connectivity index (χ0n) is 9.73. The quantitative estimate of drug-likeness (QED) is 0.477. The lowest BCUT2D eigenvalue weighted by molar-refractivity contribution is -0.130. The van der Waals surface area contributed by atoms with Crippen LogP contribution in [0, 0.1) is 0 Å². The van der Waals surface area contributed by atoms with Gasteiger partial charge in [0.25, 0.3) is 0 Å². The van der Waals surface area contributed by atoms with Gasteiger partial charge in [-0.1, -0.05) is 18.7 Å². The van der Waals surface area contributed by atoms with Gasteiger partial charge in [-0.3, -0.25) is 4.79 Å². The molecule has 0 bridgehead atoms. The highest BCUT2D eigenvalue weighted by molar-refractivity contribution is 5.88. The van der Waals surface area contributed by atoms with Crippen molar-refractivity contribution in [1.82, 2.24) is 0 Å². The minimum atomic E-state index is -0.449. The lowest BCUT2D eigenvalue weighted by Crippen LogP contribution is -2.11. The number of amides is 1. The van der Waals surface area contributed by atoms with Gasteiger partial charge in [0.2, 0.25) is 5.91 Å². The van der Waals surface area contributed by atoms with Crippen LogP contribution in [0.25, 0.3) is 0 Å². The van der Waals surface area contributed by atoms with Crippen LogP contribution in [-0.4, -0.2) is 11.9 Å². The van der Waals surface area contributed by atoms with E-state index in [9.17, 15) is 9.59 Å². The molecule has 0 heterocycles. The number of aryl methyl sites for hydroxylation is 1. The third-order valence-corrected chi connectivity index (χ3v) is 2.14. The Kier molecular flexibility index (Phi) is 4.46. The van der Waals surface area contributed by atoms with E-state index < -0.39 is 5.97 Å². The average Bonchev–Trinajstić information content (AvgIpc) is 2.28. The zero-order chi connectivity index (χ0) is 12.8. The van der Waals surface area contributed by atoms with E-state index in [1.165, 1.54) is 0 Å². The fourth-order valence-corrected chi connectivity index (χ4v) is 1.19. The standard InChI is InChI=1S/C13H15NO3/c1-9(2)13(16)17-11-6-3-10(4-7-11)5-8-12(14)15/h3-4,6-7H,1,5,8H2,2H3,(H2,14,15). The van der Waals surface area contributed by atoms with E-state index in [2.05, 4.69) is 6.58 Å². The number of ether oxygens (including phenoxy) is 1. The molecular weight excluding hydrogens is 218 g/mol. The van der Waals surface area contributed by atoms with Gasteiger partial charge in [-0.15, -0.1) is 0 Å². The first-order valence-electron chi connectivity index (χ1n) is 5.24. The monoisotopic (exact) mass is 233 g/mol. The summed E-state index contributed by atoms with van der Waals surface area (Å²) in [6.07, 6.45) is 0.898. The Morgan fingerprint density at radius 2 is 1.88 bits per heavy atom. The highest BCUT2D eigenvalue weighted by Gasteiger charge is 2.05. The molecule has 1 aromatic rings. The number of rotatable bonds is 5. The van der Waals surface area contributed by atoms with E-state index in [4.69, 9.17) is 10.5 Å². The lowest BCUT2D eigenvalue weighted by Gasteiger charge is -2.04. The molecule has 17 heavy (non-hydrogen) atoms. The normalized spacial score (nSPS) is 9.71. The zero-order valence-corrected chi connectivity index (χ0v) is 9.73. The van der Waals surface area contributed by atoms with Gasteiger partial charge in [-0.2, -0.15) is 0 Å². The van der Waals surface area contributed by atoms with Gasteiger partial charge >= 0.3 is 5.97 Å². The Bertz CT molecular complexity index is 434. The van der Waals surface area contributed by atoms with Crippen molar-refractivity contribution in [3.8, 4) is 5.75 Å². The summed E-state index contributed by atoms with van der Waals surface area (Å²) in [7, 11) is 0. The number of esters is 1. The molecular formula is C13H15NO3. The summed E-state index contributed by atoms with van der Waals surface area (Å²) >= 11 is 0. The Hall–Kier alpha value is -2.10. The first-order chi connectivity index (χ1) is 7.99. The van der Waals surface area contributed by atoms with Gasteiger partial charge in [0.15, 0.2) is 0 Å². The van der Waals surface area contributed by atoms with Crippen molar-refractivity contribution in [2.24, 2.45) is 5.73 Å². The van der Waals surface area contributed by atoms with E-state index in [0.29, 0.717) is 24.2 Å². The van der Waals surface area contributed by atoms with Crippen LogP contribution in [0.4, 0.5) is 0 Å². The van der Waals surface area contributed by atoms with Crippen molar-refractivity contribution < 1.29 is 14.3 Å². The second-order valence-corrected chi connectivity index (χ2v) is 3.78. The molecule has 0 aliphatic rings. The molecule has 0 saturated heterocycles. The topological polar surface area (TPSA) is 69.4 Å². The summed E-state index contributed by atoms with van der Waals surface area (Å²) in [6.45, 7) is 5.08. The van der Waals surface area contributed by atoms with Gasteiger partial charge in [-0.05, 0) is 31.0 Å². The number of carbonyl (C=O) groups excluding carboxylic acids is 2. The maximum absolute atomic E-state index is 11.2. The van der Waals surface area contributed by atoms with Crippen molar-refractivity contribution in [1.29, 1.82) is 0 Å². The summed E-state index contributed by atoms with van der Waals surface area (Å²) in [6, 6.07) is 6.95. The maximum Gasteiger partial charge on any atom is 0.338 e. The van der Waals surface area contributed by atoms with Crippen LogP contribution in [0.3, 0.4) is 0 Å². The predicted molar refractivity (Wildman–Crippen MR) is 64.4 cm³/mol. The van der Waals surface area contributed by atoms with E-state index in [-0.39, 0.29) is 5.91 Å². The Labute approximate surface area is 100 Å². The molecule has 1 aromatic carbocycles. The van der Waals surface area contributed by atoms with Crippen LogP contribution in [0.15, 0.2) is 36.4 Å². The summed E-state index contributed by atoms with van der Waals surface area (Å²) in [5.74, 6) is -0.321. The third kappa shape index (κ3) is 4.51. The highest BCUT2D eigenvalue weighted by Crippen LogP contribution is 2.14. The van der Waals surface area contributed by atoms with Crippen LogP contribution >= 0.6 is 0 Å². The number of primary amides is 1. The lowest BCUT2D eigenvalue weighted by atomic mass is 10.1. The molecule has 0 aliphatic heterocycles. The molecule has 0 radical (unpaired) electrons. The number of hydrogen-bond acceptors (Lipinski definition) is 3. The fraction of sp³-hybridized carbons (Fsp3) is 0.231. The molecule has 4 nitrogen and oxygen atoms in total. The number of benzene rings is 1. The number of hydrogen-bond donors (Lipinski definition) is 1. The van der Waals surface area contributed by atoms with Crippen LogP contribution in [0.1, 0.15) is 18.9 Å². The second-order valence-electron chi connectivity index (χ2n) is 3.78. The van der Waals surface area contributed by atoms with Crippen molar-refractivity contribution in [2.75, 3.05) is 0 Å². The minimum Gasteiger partial charge on any atom is -0.423 e. The number of carbonyl (C=O) groups is 2. The summed E-state index contributed by atoms with van der Waals surface area (Å²) in [4.78, 5) is 21.8. The summed E-state index contributed by atoms with van der Waals surface area (Å²) in [5.41, 5.74) is 6.37. The molecule has 90 valence electrons. The van der Waals surface area contributed by atoms with Crippen LogP contribution in [-0.2, 0) is 16.0 Å².